The van der Waals surface area contributed by atoms with Gasteiger partial charge in [0.05, 0.1) is 0 Å². The van der Waals surface area contributed by atoms with Gasteiger partial charge in [-0.3, -0.25) is 4.79 Å². The summed E-state index contributed by atoms with van der Waals surface area (Å²) in [6.07, 6.45) is 4.77. The summed E-state index contributed by atoms with van der Waals surface area (Å²) in [6.45, 7) is 4.65. The number of benzene rings is 1. The number of thiophene rings is 1. The van der Waals surface area contributed by atoms with Crippen LogP contribution in [-0.2, 0) is 6.61 Å². The largest absolute Gasteiger partial charge is 0.488 e. The van der Waals surface area contributed by atoms with Crippen LogP contribution in [0.25, 0.3) is 0 Å². The van der Waals surface area contributed by atoms with Gasteiger partial charge in [0.1, 0.15) is 23.3 Å². The highest BCUT2D eigenvalue weighted by Crippen LogP contribution is 2.24. The highest BCUT2D eigenvalue weighted by atomic mass is 32.1. The van der Waals surface area contributed by atoms with Crippen molar-refractivity contribution in [3.05, 3.63) is 51.7 Å². The van der Waals surface area contributed by atoms with Gasteiger partial charge in [-0.1, -0.05) is 0 Å². The molecule has 2 aliphatic rings. The Bertz CT molecular complexity index is 849. The summed E-state index contributed by atoms with van der Waals surface area (Å²) in [5.41, 5.74) is 0.726. The van der Waals surface area contributed by atoms with Crippen molar-refractivity contribution in [3.63, 3.8) is 0 Å². The van der Waals surface area contributed by atoms with Crippen LogP contribution in [0.15, 0.2) is 36.4 Å². The van der Waals surface area contributed by atoms with Gasteiger partial charge in [-0.25, -0.2) is 0 Å². The number of ether oxygens (including phenoxy) is 1. The molecule has 0 unspecified atom stereocenters. The van der Waals surface area contributed by atoms with Crippen molar-refractivity contribution < 1.29 is 9.53 Å². The summed E-state index contributed by atoms with van der Waals surface area (Å²) >= 11 is 1.44. The summed E-state index contributed by atoms with van der Waals surface area (Å²) < 4.78 is 5.79. The van der Waals surface area contributed by atoms with E-state index in [-0.39, 0.29) is 5.91 Å². The molecular formula is C22H25N3O2S. The third-order valence-corrected chi connectivity index (χ3v) is 6.52. The van der Waals surface area contributed by atoms with E-state index in [0.717, 1.165) is 42.1 Å². The Labute approximate surface area is 170 Å². The first-order valence-corrected chi connectivity index (χ1v) is 10.8. The van der Waals surface area contributed by atoms with E-state index < -0.39 is 0 Å². The first-order chi connectivity index (χ1) is 13.7. The van der Waals surface area contributed by atoms with Gasteiger partial charge in [-0.05, 0) is 75.2 Å². The maximum atomic E-state index is 13.0. The SMILES string of the molecule is N#Cc1ccc(COc2ccc(C(=O)N3CCC[C@H]3CN3CCCC3)cc2)s1. The zero-order chi connectivity index (χ0) is 19.3. The lowest BCUT2D eigenvalue weighted by atomic mass is 10.1. The average Bonchev–Trinajstić information content (AvgIpc) is 3.49. The number of nitriles is 1. The first kappa shape index (κ1) is 19.0. The number of likely N-dealkylation sites (tertiary alicyclic amines) is 2. The third kappa shape index (κ3) is 4.37. The van der Waals surface area contributed by atoms with E-state index in [4.69, 9.17) is 10.00 Å². The number of carbonyl (C=O) groups excluding carboxylic acids is 1. The van der Waals surface area contributed by atoms with E-state index in [1.807, 2.05) is 30.3 Å². The molecule has 0 bridgehead atoms. The highest BCUT2D eigenvalue weighted by Gasteiger charge is 2.31. The van der Waals surface area contributed by atoms with Crippen LogP contribution >= 0.6 is 11.3 Å². The fraction of sp³-hybridized carbons (Fsp3) is 0.455. The molecule has 1 aromatic carbocycles. The highest BCUT2D eigenvalue weighted by molar-refractivity contribution is 7.12. The average molecular weight is 396 g/mol. The van der Waals surface area contributed by atoms with Crippen LogP contribution in [0.1, 0.15) is 45.8 Å². The molecule has 5 nitrogen and oxygen atoms in total. The molecule has 6 heteroatoms. The molecule has 1 atom stereocenters. The molecule has 0 spiro atoms. The van der Waals surface area contributed by atoms with E-state index in [1.54, 1.807) is 6.07 Å². The lowest BCUT2D eigenvalue weighted by molar-refractivity contribution is 0.0708. The monoisotopic (exact) mass is 395 g/mol. The molecule has 1 aromatic heterocycles. The van der Waals surface area contributed by atoms with Gasteiger partial charge in [0.2, 0.25) is 0 Å². The van der Waals surface area contributed by atoms with Crippen LogP contribution in [-0.4, -0.2) is 47.9 Å². The van der Waals surface area contributed by atoms with Gasteiger partial charge >= 0.3 is 0 Å². The molecule has 1 amide bonds. The van der Waals surface area contributed by atoms with Crippen LogP contribution in [0.2, 0.25) is 0 Å². The molecule has 2 saturated heterocycles. The van der Waals surface area contributed by atoms with Crippen molar-refractivity contribution in [2.75, 3.05) is 26.2 Å². The Morgan fingerprint density at radius 2 is 1.89 bits per heavy atom. The third-order valence-electron chi connectivity index (χ3n) is 5.56. The second-order valence-corrected chi connectivity index (χ2v) is 8.66. The Balaban J connectivity index is 1.34. The molecule has 0 saturated carbocycles. The zero-order valence-electron chi connectivity index (χ0n) is 16.0. The molecule has 2 aliphatic heterocycles. The quantitative estimate of drug-likeness (QED) is 0.744. The number of nitrogens with zero attached hydrogens (tertiary/aromatic N) is 3. The molecule has 3 heterocycles. The molecule has 0 radical (unpaired) electrons. The van der Waals surface area contributed by atoms with Crippen molar-refractivity contribution in [2.45, 2.75) is 38.3 Å². The van der Waals surface area contributed by atoms with E-state index in [1.165, 1.54) is 37.3 Å². The van der Waals surface area contributed by atoms with Crippen LogP contribution in [0.4, 0.5) is 0 Å². The fourth-order valence-corrected chi connectivity index (χ4v) is 4.80. The molecule has 2 aromatic rings. The summed E-state index contributed by atoms with van der Waals surface area (Å²) in [5.74, 6) is 0.865. The number of hydrogen-bond donors (Lipinski definition) is 0. The lowest BCUT2D eigenvalue weighted by Crippen LogP contribution is -2.42. The molecule has 146 valence electrons. The van der Waals surface area contributed by atoms with Crippen LogP contribution in [0.5, 0.6) is 5.75 Å². The topological polar surface area (TPSA) is 56.6 Å². The predicted molar refractivity (Wildman–Crippen MR) is 110 cm³/mol. The standard InChI is InChI=1S/C22H25N3O2S/c23-14-20-9-10-21(28-20)16-27-19-7-5-17(6-8-19)22(26)25-13-3-4-18(25)15-24-11-1-2-12-24/h5-10,18H,1-4,11-13,15-16H2/t18-/m0/s1. The van der Waals surface area contributed by atoms with Gasteiger partial charge in [0.15, 0.2) is 0 Å². The Hall–Kier alpha value is -2.36. The lowest BCUT2D eigenvalue weighted by Gasteiger charge is -2.28. The minimum absolute atomic E-state index is 0.130. The number of amides is 1. The van der Waals surface area contributed by atoms with Crippen LogP contribution < -0.4 is 4.74 Å². The predicted octanol–water partition coefficient (Wildman–Crippen LogP) is 3.90. The molecule has 4 rings (SSSR count). The van der Waals surface area contributed by atoms with Gasteiger partial charge in [-0.15, -0.1) is 11.3 Å². The second kappa shape index (κ2) is 8.76. The minimum atomic E-state index is 0.130. The van der Waals surface area contributed by atoms with Crippen molar-refractivity contribution in [1.29, 1.82) is 5.26 Å². The molecule has 0 aliphatic carbocycles. The van der Waals surface area contributed by atoms with E-state index in [0.29, 0.717) is 17.5 Å². The Morgan fingerprint density at radius 1 is 1.11 bits per heavy atom. The van der Waals surface area contributed by atoms with Crippen molar-refractivity contribution in [1.82, 2.24) is 9.80 Å². The van der Waals surface area contributed by atoms with E-state index in [2.05, 4.69) is 15.9 Å². The van der Waals surface area contributed by atoms with Crippen molar-refractivity contribution >= 4 is 17.2 Å². The van der Waals surface area contributed by atoms with Gasteiger partial charge < -0.3 is 14.5 Å². The van der Waals surface area contributed by atoms with E-state index in [9.17, 15) is 4.79 Å². The van der Waals surface area contributed by atoms with Gasteiger partial charge in [0, 0.05) is 29.6 Å². The molecule has 28 heavy (non-hydrogen) atoms. The summed E-state index contributed by atoms with van der Waals surface area (Å²) in [4.78, 5) is 19.3. The van der Waals surface area contributed by atoms with Crippen molar-refractivity contribution in [3.8, 4) is 11.8 Å². The van der Waals surface area contributed by atoms with Gasteiger partial charge in [-0.2, -0.15) is 5.26 Å². The smallest absolute Gasteiger partial charge is 0.254 e. The van der Waals surface area contributed by atoms with Crippen LogP contribution in [0, 0.1) is 11.3 Å². The molecule has 0 N–H and O–H groups in total. The Kier molecular flexibility index (Phi) is 5.94. The summed E-state index contributed by atoms with van der Waals surface area (Å²) in [5, 5.41) is 8.89. The maximum Gasteiger partial charge on any atom is 0.254 e. The number of carbonyl (C=O) groups is 1. The number of rotatable bonds is 6. The summed E-state index contributed by atoms with van der Waals surface area (Å²) in [6, 6.07) is 13.6. The minimum Gasteiger partial charge on any atom is -0.488 e. The Morgan fingerprint density at radius 3 is 2.61 bits per heavy atom. The molecular weight excluding hydrogens is 370 g/mol. The normalized spacial score (nSPS) is 19.7. The van der Waals surface area contributed by atoms with Crippen molar-refractivity contribution in [2.24, 2.45) is 0 Å². The first-order valence-electron chi connectivity index (χ1n) is 9.98. The number of hydrogen-bond acceptors (Lipinski definition) is 5. The molecule has 2 fully saturated rings. The van der Waals surface area contributed by atoms with Gasteiger partial charge in [0.25, 0.3) is 5.91 Å². The second-order valence-electron chi connectivity index (χ2n) is 7.49. The van der Waals surface area contributed by atoms with Crippen LogP contribution in [0.3, 0.4) is 0 Å². The maximum absolute atomic E-state index is 13.0. The summed E-state index contributed by atoms with van der Waals surface area (Å²) in [7, 11) is 0. The fourth-order valence-electron chi connectivity index (χ4n) is 4.09. The zero-order valence-corrected chi connectivity index (χ0v) is 16.8. The van der Waals surface area contributed by atoms with E-state index >= 15 is 0 Å².